The molecule has 148 valence electrons. The molecule has 4 nitrogen and oxygen atoms in total. The minimum Gasteiger partial charge on any atom is -0.342 e. The molecule has 1 atom stereocenters. The minimum atomic E-state index is -0.285. The van der Waals surface area contributed by atoms with E-state index in [1.807, 2.05) is 23.1 Å². The second kappa shape index (κ2) is 8.52. The van der Waals surface area contributed by atoms with Gasteiger partial charge in [0, 0.05) is 36.5 Å². The van der Waals surface area contributed by atoms with Gasteiger partial charge in [0.1, 0.15) is 5.82 Å². The summed E-state index contributed by atoms with van der Waals surface area (Å²) in [7, 11) is 0. The average Bonchev–Trinajstić information content (AvgIpc) is 2.75. The lowest BCUT2D eigenvalue weighted by molar-refractivity contribution is -0.131. The van der Waals surface area contributed by atoms with Crippen LogP contribution in [-0.2, 0) is 11.2 Å². The molecule has 0 N–H and O–H groups in total. The van der Waals surface area contributed by atoms with Crippen LogP contribution in [0.5, 0.6) is 0 Å². The number of carbonyl (C=O) groups excluding carboxylic acids is 1. The molecule has 2 heterocycles. The number of aromatic nitrogens is 2. The van der Waals surface area contributed by atoms with Gasteiger partial charge in [-0.3, -0.25) is 4.79 Å². The summed E-state index contributed by atoms with van der Waals surface area (Å²) in [4.78, 5) is 23.9. The Bertz CT molecular complexity index is 1000. The molecule has 3 aromatic rings. The van der Waals surface area contributed by atoms with Crippen LogP contribution < -0.4 is 0 Å². The lowest BCUT2D eigenvalue weighted by Gasteiger charge is -2.32. The monoisotopic (exact) mass is 389 g/mol. The molecule has 0 bridgehead atoms. The van der Waals surface area contributed by atoms with Gasteiger partial charge in [0.15, 0.2) is 5.82 Å². The quantitative estimate of drug-likeness (QED) is 0.658. The third-order valence-corrected chi connectivity index (χ3v) is 5.41. The molecule has 1 amide bonds. The first-order valence-corrected chi connectivity index (χ1v) is 10.0. The summed E-state index contributed by atoms with van der Waals surface area (Å²) in [6, 6.07) is 16.3. The number of hydrogen-bond donors (Lipinski definition) is 0. The number of halogens is 1. The summed E-state index contributed by atoms with van der Waals surface area (Å²) in [6.45, 7) is 3.47. The number of benzene rings is 2. The highest BCUT2D eigenvalue weighted by atomic mass is 19.1. The smallest absolute Gasteiger partial charge is 0.227 e. The largest absolute Gasteiger partial charge is 0.342 e. The van der Waals surface area contributed by atoms with Crippen LogP contribution >= 0.6 is 0 Å². The van der Waals surface area contributed by atoms with Gasteiger partial charge in [0.2, 0.25) is 5.91 Å². The summed E-state index contributed by atoms with van der Waals surface area (Å²) >= 11 is 0. The molecule has 1 unspecified atom stereocenters. The number of piperidine rings is 1. The zero-order valence-corrected chi connectivity index (χ0v) is 16.5. The highest BCUT2D eigenvalue weighted by Gasteiger charge is 2.26. The number of likely N-dealkylation sites (tertiary alicyclic amines) is 1. The van der Waals surface area contributed by atoms with Crippen molar-refractivity contribution in [1.29, 1.82) is 0 Å². The summed E-state index contributed by atoms with van der Waals surface area (Å²) in [5.74, 6) is 0.718. The normalized spacial score (nSPS) is 16.6. The molecule has 1 aliphatic heterocycles. The summed E-state index contributed by atoms with van der Waals surface area (Å²) in [5, 5.41) is 0. The van der Waals surface area contributed by atoms with E-state index in [0.29, 0.717) is 13.0 Å². The van der Waals surface area contributed by atoms with Crippen molar-refractivity contribution in [3.63, 3.8) is 0 Å². The molecule has 1 aliphatic rings. The molecule has 0 aliphatic carbocycles. The van der Waals surface area contributed by atoms with Crippen molar-refractivity contribution >= 4 is 5.91 Å². The fraction of sp³-hybridized carbons (Fsp3) is 0.292. The summed E-state index contributed by atoms with van der Waals surface area (Å²) < 4.78 is 13.1. The Morgan fingerprint density at radius 2 is 2.00 bits per heavy atom. The van der Waals surface area contributed by atoms with E-state index in [4.69, 9.17) is 4.98 Å². The zero-order chi connectivity index (χ0) is 20.2. The van der Waals surface area contributed by atoms with Crippen LogP contribution in [0.1, 0.15) is 35.6 Å². The molecule has 5 heteroatoms. The SMILES string of the molecule is Cc1cccc(-c2nccc(C3CCCN(C(=O)Cc4ccc(F)cc4)C3)n2)c1. The van der Waals surface area contributed by atoms with Gasteiger partial charge in [-0.05, 0) is 49.6 Å². The maximum atomic E-state index is 13.1. The number of amides is 1. The van der Waals surface area contributed by atoms with E-state index in [1.165, 1.54) is 17.7 Å². The van der Waals surface area contributed by atoms with E-state index in [0.717, 1.165) is 42.0 Å². The van der Waals surface area contributed by atoms with Crippen LogP contribution in [0.4, 0.5) is 4.39 Å². The predicted molar refractivity (Wildman–Crippen MR) is 111 cm³/mol. The van der Waals surface area contributed by atoms with Crippen molar-refractivity contribution in [2.24, 2.45) is 0 Å². The Morgan fingerprint density at radius 3 is 2.79 bits per heavy atom. The molecular formula is C24H24FN3O. The third kappa shape index (κ3) is 4.67. The lowest BCUT2D eigenvalue weighted by Crippen LogP contribution is -2.40. The highest BCUT2D eigenvalue weighted by Crippen LogP contribution is 2.27. The standard InChI is InChI=1S/C24H24FN3O/c1-17-4-2-5-19(14-17)24-26-12-11-22(27-24)20-6-3-13-28(16-20)23(29)15-18-7-9-21(25)10-8-18/h2,4-5,7-12,14,20H,3,6,13,15-16H2,1H3. The van der Waals surface area contributed by atoms with Gasteiger partial charge in [-0.2, -0.15) is 0 Å². The van der Waals surface area contributed by atoms with Crippen molar-refractivity contribution in [2.45, 2.75) is 32.1 Å². The van der Waals surface area contributed by atoms with E-state index in [9.17, 15) is 9.18 Å². The second-order valence-corrected chi connectivity index (χ2v) is 7.66. The van der Waals surface area contributed by atoms with E-state index >= 15 is 0 Å². The van der Waals surface area contributed by atoms with Gasteiger partial charge in [0.25, 0.3) is 0 Å². The van der Waals surface area contributed by atoms with Crippen LogP contribution in [0.25, 0.3) is 11.4 Å². The first-order chi connectivity index (χ1) is 14.1. The van der Waals surface area contributed by atoms with Crippen molar-refractivity contribution in [3.05, 3.63) is 83.4 Å². The molecule has 2 aromatic carbocycles. The van der Waals surface area contributed by atoms with Crippen LogP contribution in [0.3, 0.4) is 0 Å². The molecule has 4 rings (SSSR count). The Kier molecular flexibility index (Phi) is 5.65. The second-order valence-electron chi connectivity index (χ2n) is 7.66. The number of rotatable bonds is 4. The van der Waals surface area contributed by atoms with Crippen molar-refractivity contribution in [2.75, 3.05) is 13.1 Å². The van der Waals surface area contributed by atoms with Crippen LogP contribution in [0.15, 0.2) is 60.8 Å². The predicted octanol–water partition coefficient (Wildman–Crippen LogP) is 4.54. The van der Waals surface area contributed by atoms with Gasteiger partial charge in [-0.15, -0.1) is 0 Å². The van der Waals surface area contributed by atoms with Crippen molar-refractivity contribution in [1.82, 2.24) is 14.9 Å². The molecule has 1 aromatic heterocycles. The fourth-order valence-electron chi connectivity index (χ4n) is 3.86. The first kappa shape index (κ1) is 19.2. The topological polar surface area (TPSA) is 46.1 Å². The van der Waals surface area contributed by atoms with Gasteiger partial charge < -0.3 is 4.90 Å². The Morgan fingerprint density at radius 1 is 1.17 bits per heavy atom. The maximum Gasteiger partial charge on any atom is 0.227 e. The summed E-state index contributed by atoms with van der Waals surface area (Å²) in [6.07, 6.45) is 4.05. The van der Waals surface area contributed by atoms with Crippen molar-refractivity contribution < 1.29 is 9.18 Å². The Labute approximate surface area is 170 Å². The minimum absolute atomic E-state index is 0.0780. The number of carbonyl (C=O) groups is 1. The third-order valence-electron chi connectivity index (χ3n) is 5.41. The maximum absolute atomic E-state index is 13.1. The molecule has 0 radical (unpaired) electrons. The summed E-state index contributed by atoms with van der Waals surface area (Å²) in [5.41, 5.74) is 4.00. The van der Waals surface area contributed by atoms with Crippen LogP contribution in [0.2, 0.25) is 0 Å². The molecular weight excluding hydrogens is 365 g/mol. The first-order valence-electron chi connectivity index (χ1n) is 10.0. The highest BCUT2D eigenvalue weighted by molar-refractivity contribution is 5.79. The molecule has 29 heavy (non-hydrogen) atoms. The van der Waals surface area contributed by atoms with Crippen LogP contribution in [-0.4, -0.2) is 33.9 Å². The van der Waals surface area contributed by atoms with E-state index in [2.05, 4.69) is 24.0 Å². The average molecular weight is 389 g/mol. The van der Waals surface area contributed by atoms with Gasteiger partial charge in [-0.1, -0.05) is 35.9 Å². The fourth-order valence-corrected chi connectivity index (χ4v) is 3.86. The molecule has 1 fully saturated rings. The molecule has 0 saturated carbocycles. The van der Waals surface area contributed by atoms with E-state index < -0.39 is 0 Å². The Balaban J connectivity index is 1.47. The van der Waals surface area contributed by atoms with Gasteiger partial charge >= 0.3 is 0 Å². The van der Waals surface area contributed by atoms with Crippen LogP contribution in [0, 0.1) is 12.7 Å². The van der Waals surface area contributed by atoms with E-state index in [-0.39, 0.29) is 17.6 Å². The van der Waals surface area contributed by atoms with Gasteiger partial charge in [-0.25, -0.2) is 14.4 Å². The molecule has 1 saturated heterocycles. The van der Waals surface area contributed by atoms with Crippen molar-refractivity contribution in [3.8, 4) is 11.4 Å². The Hall–Kier alpha value is -3.08. The number of hydrogen-bond acceptors (Lipinski definition) is 3. The number of nitrogens with zero attached hydrogens (tertiary/aromatic N) is 3. The zero-order valence-electron chi connectivity index (χ0n) is 16.5. The number of aryl methyl sites for hydroxylation is 1. The van der Waals surface area contributed by atoms with E-state index in [1.54, 1.807) is 18.3 Å². The van der Waals surface area contributed by atoms with Gasteiger partial charge in [0.05, 0.1) is 6.42 Å². The lowest BCUT2D eigenvalue weighted by atomic mass is 9.94. The molecule has 0 spiro atoms.